The molecule has 0 saturated carbocycles. The minimum atomic E-state index is -0.0199. The zero-order valence-corrected chi connectivity index (χ0v) is 14.6. The summed E-state index contributed by atoms with van der Waals surface area (Å²) in [6.07, 6.45) is 1.52. The number of ether oxygens (including phenoxy) is 1. The summed E-state index contributed by atoms with van der Waals surface area (Å²) in [5.74, 6) is 1.34. The summed E-state index contributed by atoms with van der Waals surface area (Å²) in [5, 5.41) is 6.32. The molecule has 1 unspecified atom stereocenters. The van der Waals surface area contributed by atoms with E-state index in [1.165, 1.54) is 12.0 Å². The zero-order valence-electron chi connectivity index (χ0n) is 13.7. The first-order valence-electron chi connectivity index (χ1n) is 7.98. The van der Waals surface area contributed by atoms with Gasteiger partial charge in [0.05, 0.1) is 13.5 Å². The Morgan fingerprint density at radius 3 is 2.71 bits per heavy atom. The Morgan fingerprint density at radius 1 is 1.25 bits per heavy atom. The van der Waals surface area contributed by atoms with E-state index in [1.54, 1.807) is 7.11 Å². The van der Waals surface area contributed by atoms with Gasteiger partial charge in [-0.1, -0.05) is 24.3 Å². The fourth-order valence-corrected chi connectivity index (χ4v) is 2.95. The molecule has 0 aromatic heterocycles. The van der Waals surface area contributed by atoms with E-state index in [1.807, 2.05) is 36.4 Å². The number of anilines is 1. The Kier molecular flexibility index (Phi) is 6.64. The number of halogens is 1. The highest BCUT2D eigenvalue weighted by Gasteiger charge is 2.16. The summed E-state index contributed by atoms with van der Waals surface area (Å²) < 4.78 is 5.18. The lowest BCUT2D eigenvalue weighted by Gasteiger charge is -2.11. The number of hydrogen-bond donors (Lipinski definition) is 2. The van der Waals surface area contributed by atoms with Gasteiger partial charge in [-0.25, -0.2) is 0 Å². The molecule has 4 nitrogen and oxygen atoms in total. The largest absolute Gasteiger partial charge is 0.497 e. The van der Waals surface area contributed by atoms with Crippen LogP contribution in [0.3, 0.4) is 0 Å². The Hall–Kier alpha value is -2.04. The van der Waals surface area contributed by atoms with Crippen LogP contribution in [0.15, 0.2) is 48.5 Å². The Balaban J connectivity index is 0.00000208. The summed E-state index contributed by atoms with van der Waals surface area (Å²) in [6, 6.07) is 15.8. The number of rotatable bonds is 5. The van der Waals surface area contributed by atoms with Crippen LogP contribution in [0.1, 0.15) is 23.5 Å². The van der Waals surface area contributed by atoms with Gasteiger partial charge in [-0.2, -0.15) is 0 Å². The molecule has 1 aliphatic heterocycles. The predicted molar refractivity (Wildman–Crippen MR) is 99.2 cm³/mol. The molecule has 0 spiro atoms. The molecule has 1 fully saturated rings. The SMILES string of the molecule is COc1cccc(CC(=O)Nc2ccc(C3CCNC3)cc2)c1.Cl. The molecule has 2 aromatic carbocycles. The van der Waals surface area contributed by atoms with Gasteiger partial charge in [-0.05, 0) is 54.3 Å². The van der Waals surface area contributed by atoms with Crippen LogP contribution >= 0.6 is 12.4 Å². The predicted octanol–water partition coefficient (Wildman–Crippen LogP) is 3.38. The summed E-state index contributed by atoms with van der Waals surface area (Å²) in [4.78, 5) is 12.2. The van der Waals surface area contributed by atoms with Gasteiger partial charge < -0.3 is 15.4 Å². The molecule has 1 aliphatic rings. The highest BCUT2D eigenvalue weighted by molar-refractivity contribution is 5.92. The van der Waals surface area contributed by atoms with Gasteiger partial charge in [0.15, 0.2) is 0 Å². The molecule has 0 radical (unpaired) electrons. The van der Waals surface area contributed by atoms with Crippen molar-refractivity contribution in [1.29, 1.82) is 0 Å². The van der Waals surface area contributed by atoms with E-state index in [0.717, 1.165) is 30.1 Å². The van der Waals surface area contributed by atoms with Crippen LogP contribution in [0.2, 0.25) is 0 Å². The maximum atomic E-state index is 12.2. The first-order chi connectivity index (χ1) is 11.2. The molecule has 2 aromatic rings. The van der Waals surface area contributed by atoms with Crippen LogP contribution in [-0.2, 0) is 11.2 Å². The van der Waals surface area contributed by atoms with Crippen molar-refractivity contribution in [1.82, 2.24) is 5.32 Å². The number of carbonyl (C=O) groups excluding carboxylic acids is 1. The molecule has 3 rings (SSSR count). The van der Waals surface area contributed by atoms with Crippen LogP contribution in [0.25, 0.3) is 0 Å². The molecule has 1 amide bonds. The van der Waals surface area contributed by atoms with Crippen molar-refractivity contribution in [3.63, 3.8) is 0 Å². The molecule has 128 valence electrons. The monoisotopic (exact) mass is 346 g/mol. The number of benzene rings is 2. The standard InChI is InChI=1S/C19H22N2O2.ClH/c1-23-18-4-2-3-14(11-18)12-19(22)21-17-7-5-15(6-8-17)16-9-10-20-13-16;/h2-8,11,16,20H,9-10,12-13H2,1H3,(H,21,22);1H. The Morgan fingerprint density at radius 2 is 2.04 bits per heavy atom. The van der Waals surface area contributed by atoms with Gasteiger partial charge in [-0.3, -0.25) is 4.79 Å². The van der Waals surface area contributed by atoms with Crippen molar-refractivity contribution in [2.45, 2.75) is 18.8 Å². The van der Waals surface area contributed by atoms with Gasteiger partial charge in [0.25, 0.3) is 0 Å². The van der Waals surface area contributed by atoms with E-state index in [2.05, 4.69) is 22.8 Å². The van der Waals surface area contributed by atoms with Crippen LogP contribution in [0, 0.1) is 0 Å². The second kappa shape index (κ2) is 8.71. The van der Waals surface area contributed by atoms with Crippen molar-refractivity contribution in [2.24, 2.45) is 0 Å². The van der Waals surface area contributed by atoms with Gasteiger partial charge in [0.1, 0.15) is 5.75 Å². The van der Waals surface area contributed by atoms with Crippen LogP contribution < -0.4 is 15.4 Å². The van der Waals surface area contributed by atoms with Crippen LogP contribution in [-0.4, -0.2) is 26.1 Å². The first-order valence-corrected chi connectivity index (χ1v) is 7.98. The quantitative estimate of drug-likeness (QED) is 0.872. The van der Waals surface area contributed by atoms with Crippen LogP contribution in [0.4, 0.5) is 5.69 Å². The Bertz CT molecular complexity index is 667. The number of hydrogen-bond acceptors (Lipinski definition) is 3. The van der Waals surface area contributed by atoms with E-state index < -0.39 is 0 Å². The Labute approximate surface area is 149 Å². The van der Waals surface area contributed by atoms with E-state index in [4.69, 9.17) is 4.74 Å². The lowest BCUT2D eigenvalue weighted by atomic mass is 9.98. The maximum Gasteiger partial charge on any atom is 0.228 e. The third-order valence-corrected chi connectivity index (χ3v) is 4.22. The van der Waals surface area contributed by atoms with Gasteiger partial charge in [0.2, 0.25) is 5.91 Å². The fraction of sp³-hybridized carbons (Fsp3) is 0.316. The molecule has 1 atom stereocenters. The van der Waals surface area contributed by atoms with Crippen molar-refractivity contribution >= 4 is 24.0 Å². The smallest absolute Gasteiger partial charge is 0.228 e. The summed E-state index contributed by atoms with van der Waals surface area (Å²) in [7, 11) is 1.63. The summed E-state index contributed by atoms with van der Waals surface area (Å²) >= 11 is 0. The van der Waals surface area contributed by atoms with Gasteiger partial charge >= 0.3 is 0 Å². The van der Waals surface area contributed by atoms with E-state index in [0.29, 0.717) is 12.3 Å². The third-order valence-electron chi connectivity index (χ3n) is 4.22. The van der Waals surface area contributed by atoms with E-state index in [-0.39, 0.29) is 18.3 Å². The van der Waals surface area contributed by atoms with Crippen LogP contribution in [0.5, 0.6) is 5.75 Å². The molecule has 5 heteroatoms. The highest BCUT2D eigenvalue weighted by Crippen LogP contribution is 2.23. The molecule has 24 heavy (non-hydrogen) atoms. The average Bonchev–Trinajstić information content (AvgIpc) is 3.10. The molecule has 0 bridgehead atoms. The normalized spacial score (nSPS) is 16.3. The topological polar surface area (TPSA) is 50.4 Å². The molecule has 1 saturated heterocycles. The number of carbonyl (C=O) groups is 1. The lowest BCUT2D eigenvalue weighted by Crippen LogP contribution is -2.14. The summed E-state index contributed by atoms with van der Waals surface area (Å²) in [5.41, 5.74) is 3.11. The minimum Gasteiger partial charge on any atom is -0.497 e. The molecular formula is C19H23ClN2O2. The van der Waals surface area contributed by atoms with Gasteiger partial charge in [0, 0.05) is 12.2 Å². The van der Waals surface area contributed by atoms with Crippen molar-refractivity contribution in [3.8, 4) is 5.75 Å². The molecule has 1 heterocycles. The molecular weight excluding hydrogens is 324 g/mol. The number of methoxy groups -OCH3 is 1. The fourth-order valence-electron chi connectivity index (χ4n) is 2.95. The van der Waals surface area contributed by atoms with Gasteiger partial charge in [-0.15, -0.1) is 12.4 Å². The highest BCUT2D eigenvalue weighted by atomic mass is 35.5. The summed E-state index contributed by atoms with van der Waals surface area (Å²) in [6.45, 7) is 2.13. The van der Waals surface area contributed by atoms with E-state index >= 15 is 0 Å². The first kappa shape index (κ1) is 18.3. The van der Waals surface area contributed by atoms with Crippen molar-refractivity contribution in [2.75, 3.05) is 25.5 Å². The maximum absolute atomic E-state index is 12.2. The molecule has 0 aliphatic carbocycles. The second-order valence-electron chi connectivity index (χ2n) is 5.89. The minimum absolute atomic E-state index is 0. The number of nitrogens with one attached hydrogen (secondary N) is 2. The average molecular weight is 347 g/mol. The molecule has 2 N–H and O–H groups in total. The lowest BCUT2D eigenvalue weighted by molar-refractivity contribution is -0.115. The van der Waals surface area contributed by atoms with Crippen molar-refractivity contribution < 1.29 is 9.53 Å². The van der Waals surface area contributed by atoms with Crippen molar-refractivity contribution in [3.05, 3.63) is 59.7 Å². The van der Waals surface area contributed by atoms with E-state index in [9.17, 15) is 4.79 Å². The zero-order chi connectivity index (χ0) is 16.1. The third kappa shape index (κ3) is 4.73. The number of amides is 1. The second-order valence-corrected chi connectivity index (χ2v) is 5.89.